The number of halogens is 1. The van der Waals surface area contributed by atoms with Gasteiger partial charge in [-0.3, -0.25) is 4.79 Å². The Morgan fingerprint density at radius 2 is 2.06 bits per heavy atom. The van der Waals surface area contributed by atoms with Crippen LogP contribution in [0.2, 0.25) is 0 Å². The van der Waals surface area contributed by atoms with Gasteiger partial charge in [-0.1, -0.05) is 18.1 Å². The van der Waals surface area contributed by atoms with E-state index in [1.807, 2.05) is 6.92 Å². The lowest BCUT2D eigenvalue weighted by Gasteiger charge is -2.17. The highest BCUT2D eigenvalue weighted by molar-refractivity contribution is 5.79. The lowest BCUT2D eigenvalue weighted by Crippen LogP contribution is -2.32. The molecule has 0 aliphatic rings. The highest BCUT2D eigenvalue weighted by Crippen LogP contribution is 2.05. The molecule has 0 fully saturated rings. The number of rotatable bonds is 4. The summed E-state index contributed by atoms with van der Waals surface area (Å²) in [5, 5.41) is 0. The summed E-state index contributed by atoms with van der Waals surface area (Å²) in [6, 6.07) is 5.91. The molecule has 1 aromatic rings. The Kier molecular flexibility index (Phi) is 4.53. The molecule has 84 valence electrons. The third-order valence-electron chi connectivity index (χ3n) is 2.29. The van der Waals surface area contributed by atoms with Gasteiger partial charge >= 0.3 is 0 Å². The molecule has 0 aliphatic carbocycles. The van der Waals surface area contributed by atoms with Gasteiger partial charge in [-0.25, -0.2) is 4.39 Å². The number of hydrogen-bond acceptors (Lipinski definition) is 1. The van der Waals surface area contributed by atoms with Crippen LogP contribution in [0.4, 0.5) is 4.39 Å². The van der Waals surface area contributed by atoms with E-state index in [-0.39, 0.29) is 18.1 Å². The fraction of sp³-hybridized carbons (Fsp3) is 0.308. The molecule has 0 saturated heterocycles. The van der Waals surface area contributed by atoms with Gasteiger partial charge in [-0.05, 0) is 24.6 Å². The molecule has 16 heavy (non-hydrogen) atoms. The van der Waals surface area contributed by atoms with Gasteiger partial charge in [0.2, 0.25) is 5.91 Å². The van der Waals surface area contributed by atoms with Gasteiger partial charge in [0.15, 0.2) is 0 Å². The van der Waals surface area contributed by atoms with E-state index >= 15 is 0 Å². The Labute approximate surface area is 95.1 Å². The quantitative estimate of drug-likeness (QED) is 0.708. The number of nitrogens with zero attached hydrogens (tertiary/aromatic N) is 1. The molecule has 1 aromatic carbocycles. The van der Waals surface area contributed by atoms with Crippen LogP contribution in [0.15, 0.2) is 24.3 Å². The average Bonchev–Trinajstić information content (AvgIpc) is 2.29. The smallest absolute Gasteiger partial charge is 0.227 e. The summed E-state index contributed by atoms with van der Waals surface area (Å²) in [7, 11) is 0. The van der Waals surface area contributed by atoms with Crippen LogP contribution >= 0.6 is 0 Å². The molecule has 0 unspecified atom stereocenters. The minimum atomic E-state index is -0.299. The molecule has 2 nitrogen and oxygen atoms in total. The van der Waals surface area contributed by atoms with Crippen molar-refractivity contribution < 1.29 is 9.18 Å². The Balaban J connectivity index is 2.63. The predicted octanol–water partition coefficient (Wildman–Crippen LogP) is 1.85. The standard InChI is InChI=1S/C13H14FNO/c1-3-9-15(4-2)13(16)10-11-5-7-12(14)8-6-11/h1,5-8H,4,9-10H2,2H3. The van der Waals surface area contributed by atoms with E-state index in [0.29, 0.717) is 13.1 Å². The first kappa shape index (κ1) is 12.3. The fourth-order valence-corrected chi connectivity index (χ4v) is 1.38. The summed E-state index contributed by atoms with van der Waals surface area (Å²) in [5.41, 5.74) is 0.793. The summed E-state index contributed by atoms with van der Waals surface area (Å²) in [4.78, 5) is 13.3. The van der Waals surface area contributed by atoms with Crippen molar-refractivity contribution >= 4 is 5.91 Å². The molecular weight excluding hydrogens is 205 g/mol. The Hall–Kier alpha value is -1.82. The highest BCUT2D eigenvalue weighted by atomic mass is 19.1. The topological polar surface area (TPSA) is 20.3 Å². The normalized spacial score (nSPS) is 9.56. The second-order valence-electron chi connectivity index (χ2n) is 3.42. The van der Waals surface area contributed by atoms with Gasteiger partial charge in [-0.15, -0.1) is 6.42 Å². The van der Waals surface area contributed by atoms with Crippen LogP contribution in [0.1, 0.15) is 12.5 Å². The third-order valence-corrected chi connectivity index (χ3v) is 2.29. The number of carbonyl (C=O) groups excluding carboxylic acids is 1. The molecule has 0 atom stereocenters. The lowest BCUT2D eigenvalue weighted by molar-refractivity contribution is -0.129. The fourth-order valence-electron chi connectivity index (χ4n) is 1.38. The molecule has 3 heteroatoms. The largest absolute Gasteiger partial charge is 0.332 e. The van der Waals surface area contributed by atoms with Gasteiger partial charge in [0.1, 0.15) is 5.82 Å². The van der Waals surface area contributed by atoms with Gasteiger partial charge in [0.25, 0.3) is 0 Å². The van der Waals surface area contributed by atoms with Crippen molar-refractivity contribution in [2.75, 3.05) is 13.1 Å². The molecule has 0 aromatic heterocycles. The van der Waals surface area contributed by atoms with Crippen LogP contribution in [0, 0.1) is 18.2 Å². The third kappa shape index (κ3) is 3.39. The van der Waals surface area contributed by atoms with Gasteiger partial charge < -0.3 is 4.90 Å². The molecule has 0 saturated carbocycles. The first-order chi connectivity index (χ1) is 7.67. The maximum Gasteiger partial charge on any atom is 0.227 e. The lowest BCUT2D eigenvalue weighted by atomic mass is 10.1. The van der Waals surface area contributed by atoms with Crippen molar-refractivity contribution in [1.29, 1.82) is 0 Å². The highest BCUT2D eigenvalue weighted by Gasteiger charge is 2.10. The summed E-state index contributed by atoms with van der Waals surface area (Å²) in [6.45, 7) is 2.78. The van der Waals surface area contributed by atoms with Gasteiger partial charge in [0.05, 0.1) is 13.0 Å². The van der Waals surface area contributed by atoms with Crippen molar-refractivity contribution in [2.45, 2.75) is 13.3 Å². The van der Waals surface area contributed by atoms with E-state index in [1.165, 1.54) is 12.1 Å². The molecule has 0 radical (unpaired) electrons. The maximum atomic E-state index is 12.6. The van der Waals surface area contributed by atoms with Crippen LogP contribution in [-0.4, -0.2) is 23.9 Å². The van der Waals surface area contributed by atoms with E-state index in [0.717, 1.165) is 5.56 Å². The van der Waals surface area contributed by atoms with E-state index < -0.39 is 0 Å². The van der Waals surface area contributed by atoms with Crippen molar-refractivity contribution in [1.82, 2.24) is 4.90 Å². The first-order valence-corrected chi connectivity index (χ1v) is 5.13. The van der Waals surface area contributed by atoms with Crippen LogP contribution in [-0.2, 0) is 11.2 Å². The van der Waals surface area contributed by atoms with E-state index in [2.05, 4.69) is 5.92 Å². The number of carbonyl (C=O) groups is 1. The predicted molar refractivity (Wildman–Crippen MR) is 61.2 cm³/mol. The zero-order valence-corrected chi connectivity index (χ0v) is 9.24. The van der Waals surface area contributed by atoms with Crippen molar-refractivity contribution in [3.8, 4) is 12.3 Å². The number of hydrogen-bond donors (Lipinski definition) is 0. The Bertz CT molecular complexity index is 391. The molecule has 1 rings (SSSR count). The van der Waals surface area contributed by atoms with Crippen molar-refractivity contribution in [3.05, 3.63) is 35.6 Å². The summed E-state index contributed by atoms with van der Waals surface area (Å²) < 4.78 is 12.6. The van der Waals surface area contributed by atoms with Crippen LogP contribution in [0.5, 0.6) is 0 Å². The molecule has 1 amide bonds. The molecule has 0 bridgehead atoms. The molecule has 0 heterocycles. The number of likely N-dealkylation sites (N-methyl/N-ethyl adjacent to an activating group) is 1. The SMILES string of the molecule is C#CCN(CC)C(=O)Cc1ccc(F)cc1. The summed E-state index contributed by atoms with van der Waals surface area (Å²) in [5.74, 6) is 2.11. The van der Waals surface area contributed by atoms with Crippen LogP contribution in [0.25, 0.3) is 0 Å². The average molecular weight is 219 g/mol. The van der Waals surface area contributed by atoms with E-state index in [4.69, 9.17) is 6.42 Å². The monoisotopic (exact) mass is 219 g/mol. The first-order valence-electron chi connectivity index (χ1n) is 5.13. The Morgan fingerprint density at radius 3 is 2.56 bits per heavy atom. The Morgan fingerprint density at radius 1 is 1.44 bits per heavy atom. The van der Waals surface area contributed by atoms with Gasteiger partial charge in [-0.2, -0.15) is 0 Å². The van der Waals surface area contributed by atoms with Crippen LogP contribution in [0.3, 0.4) is 0 Å². The molecule has 0 spiro atoms. The second-order valence-corrected chi connectivity index (χ2v) is 3.42. The van der Waals surface area contributed by atoms with E-state index in [1.54, 1.807) is 17.0 Å². The maximum absolute atomic E-state index is 12.6. The zero-order chi connectivity index (χ0) is 12.0. The molecular formula is C13H14FNO. The van der Waals surface area contributed by atoms with Crippen LogP contribution < -0.4 is 0 Å². The molecule has 0 aliphatic heterocycles. The zero-order valence-electron chi connectivity index (χ0n) is 9.24. The molecule has 0 N–H and O–H groups in total. The van der Waals surface area contributed by atoms with E-state index in [9.17, 15) is 9.18 Å². The van der Waals surface area contributed by atoms with Gasteiger partial charge in [0, 0.05) is 6.54 Å². The summed E-state index contributed by atoms with van der Waals surface area (Å²) in [6.07, 6.45) is 5.42. The minimum Gasteiger partial charge on any atom is -0.332 e. The summed E-state index contributed by atoms with van der Waals surface area (Å²) >= 11 is 0. The van der Waals surface area contributed by atoms with Crippen molar-refractivity contribution in [2.24, 2.45) is 0 Å². The number of benzene rings is 1. The number of amides is 1. The number of terminal acetylenes is 1. The minimum absolute atomic E-state index is 0.0351. The van der Waals surface area contributed by atoms with Crippen molar-refractivity contribution in [3.63, 3.8) is 0 Å². The second kappa shape index (κ2) is 5.92.